The maximum atomic E-state index is 13.1. The second-order valence-corrected chi connectivity index (χ2v) is 5.85. The highest BCUT2D eigenvalue weighted by atomic mass is 79.9. The monoisotopic (exact) mass is 348 g/mol. The standard InChI is InChI=1S/C15H14BrFN4/c1-9-6-12(17)3-2-10(9)4-5-21-14-13(20-15(21)18)7-11(16)8-19-14/h2-3,6-8H,4-5H2,1H3,(H2,18,20). The lowest BCUT2D eigenvalue weighted by molar-refractivity contribution is 0.624. The summed E-state index contributed by atoms with van der Waals surface area (Å²) in [5, 5.41) is 0. The normalized spacial score (nSPS) is 11.2. The Balaban J connectivity index is 1.90. The molecule has 0 spiro atoms. The molecule has 2 heterocycles. The number of nitrogens with zero attached hydrogens (tertiary/aromatic N) is 3. The van der Waals surface area contributed by atoms with E-state index >= 15 is 0 Å². The number of nitrogens with two attached hydrogens (primary N) is 1. The topological polar surface area (TPSA) is 56.7 Å². The minimum atomic E-state index is -0.213. The molecule has 21 heavy (non-hydrogen) atoms. The number of fused-ring (bicyclic) bond motifs is 1. The van der Waals surface area contributed by atoms with Gasteiger partial charge in [-0.25, -0.2) is 14.4 Å². The summed E-state index contributed by atoms with van der Waals surface area (Å²) in [6.45, 7) is 2.56. The van der Waals surface area contributed by atoms with Gasteiger partial charge < -0.3 is 5.73 Å². The van der Waals surface area contributed by atoms with Crippen LogP contribution in [0.2, 0.25) is 0 Å². The van der Waals surface area contributed by atoms with Crippen LogP contribution in [0.15, 0.2) is 34.9 Å². The van der Waals surface area contributed by atoms with Crippen molar-refractivity contribution in [2.75, 3.05) is 5.73 Å². The minimum Gasteiger partial charge on any atom is -0.369 e. The third-order valence-corrected chi connectivity index (χ3v) is 3.92. The highest BCUT2D eigenvalue weighted by Gasteiger charge is 2.10. The van der Waals surface area contributed by atoms with Gasteiger partial charge in [-0.1, -0.05) is 6.07 Å². The average Bonchev–Trinajstić information content (AvgIpc) is 2.72. The van der Waals surface area contributed by atoms with Crippen molar-refractivity contribution < 1.29 is 4.39 Å². The van der Waals surface area contributed by atoms with E-state index in [9.17, 15) is 4.39 Å². The Morgan fingerprint density at radius 1 is 1.33 bits per heavy atom. The van der Waals surface area contributed by atoms with Crippen LogP contribution in [0.25, 0.3) is 11.2 Å². The second kappa shape index (κ2) is 5.44. The second-order valence-electron chi connectivity index (χ2n) is 4.94. The largest absolute Gasteiger partial charge is 0.369 e. The highest BCUT2D eigenvalue weighted by Crippen LogP contribution is 2.20. The summed E-state index contributed by atoms with van der Waals surface area (Å²) >= 11 is 3.37. The summed E-state index contributed by atoms with van der Waals surface area (Å²) in [4.78, 5) is 8.67. The summed E-state index contributed by atoms with van der Waals surface area (Å²) in [6, 6.07) is 6.72. The van der Waals surface area contributed by atoms with Crippen molar-refractivity contribution in [3.63, 3.8) is 0 Å². The zero-order chi connectivity index (χ0) is 15.0. The quantitative estimate of drug-likeness (QED) is 0.788. The molecule has 0 saturated heterocycles. The highest BCUT2D eigenvalue weighted by molar-refractivity contribution is 9.10. The number of pyridine rings is 1. The molecule has 1 aromatic carbocycles. The Hall–Kier alpha value is -1.95. The fraction of sp³-hybridized carbons (Fsp3) is 0.200. The molecule has 0 unspecified atom stereocenters. The Kier molecular flexibility index (Phi) is 3.63. The number of halogens is 2. The van der Waals surface area contributed by atoms with Crippen molar-refractivity contribution in [2.45, 2.75) is 19.9 Å². The van der Waals surface area contributed by atoms with Gasteiger partial charge in [0.15, 0.2) is 5.65 Å². The SMILES string of the molecule is Cc1cc(F)ccc1CCn1c(N)nc2cc(Br)cnc21. The van der Waals surface area contributed by atoms with Crippen LogP contribution in [0.1, 0.15) is 11.1 Å². The number of benzene rings is 1. The van der Waals surface area contributed by atoms with Crippen molar-refractivity contribution in [1.82, 2.24) is 14.5 Å². The first-order valence-corrected chi connectivity index (χ1v) is 7.36. The van der Waals surface area contributed by atoms with E-state index < -0.39 is 0 Å². The molecule has 0 atom stereocenters. The molecular weight excluding hydrogens is 335 g/mol. The maximum absolute atomic E-state index is 13.1. The van der Waals surface area contributed by atoms with E-state index in [1.165, 1.54) is 6.07 Å². The molecule has 0 bridgehead atoms. The molecule has 0 saturated carbocycles. The zero-order valence-corrected chi connectivity index (χ0v) is 13.1. The fourth-order valence-corrected chi connectivity index (χ4v) is 2.72. The smallest absolute Gasteiger partial charge is 0.202 e. The van der Waals surface area contributed by atoms with E-state index in [2.05, 4.69) is 25.9 Å². The molecule has 0 aliphatic rings. The average molecular weight is 349 g/mol. The molecule has 2 N–H and O–H groups in total. The molecular formula is C15H14BrFN4. The Morgan fingerprint density at radius 3 is 2.90 bits per heavy atom. The van der Waals surface area contributed by atoms with E-state index in [4.69, 9.17) is 5.73 Å². The summed E-state index contributed by atoms with van der Waals surface area (Å²) in [5.41, 5.74) is 9.52. The van der Waals surface area contributed by atoms with Gasteiger partial charge in [-0.2, -0.15) is 0 Å². The van der Waals surface area contributed by atoms with Crippen molar-refractivity contribution in [1.29, 1.82) is 0 Å². The molecule has 3 rings (SSSR count). The number of imidazole rings is 1. The lowest BCUT2D eigenvalue weighted by Crippen LogP contribution is -2.07. The van der Waals surface area contributed by atoms with Crippen LogP contribution in [0.4, 0.5) is 10.3 Å². The number of hydrogen-bond acceptors (Lipinski definition) is 3. The molecule has 108 valence electrons. The third-order valence-electron chi connectivity index (χ3n) is 3.49. The molecule has 0 amide bonds. The van der Waals surface area contributed by atoms with E-state index in [-0.39, 0.29) is 5.82 Å². The van der Waals surface area contributed by atoms with Crippen LogP contribution >= 0.6 is 15.9 Å². The van der Waals surface area contributed by atoms with Gasteiger partial charge in [0.25, 0.3) is 0 Å². The molecule has 0 aliphatic carbocycles. The first-order valence-electron chi connectivity index (χ1n) is 6.57. The van der Waals surface area contributed by atoms with E-state index in [1.54, 1.807) is 12.3 Å². The predicted molar refractivity (Wildman–Crippen MR) is 84.5 cm³/mol. The van der Waals surface area contributed by atoms with Crippen LogP contribution in [-0.2, 0) is 13.0 Å². The molecule has 6 heteroatoms. The zero-order valence-electron chi connectivity index (χ0n) is 11.5. The molecule has 0 fully saturated rings. The lowest BCUT2D eigenvalue weighted by Gasteiger charge is -2.08. The van der Waals surface area contributed by atoms with Gasteiger partial charge in [-0.05, 0) is 58.6 Å². The fourth-order valence-electron chi connectivity index (χ4n) is 2.40. The number of hydrogen-bond donors (Lipinski definition) is 1. The number of aryl methyl sites for hydroxylation is 3. The third kappa shape index (κ3) is 2.76. The van der Waals surface area contributed by atoms with Gasteiger partial charge >= 0.3 is 0 Å². The molecule has 3 aromatic rings. The first-order chi connectivity index (χ1) is 10.0. The van der Waals surface area contributed by atoms with Gasteiger partial charge in [0, 0.05) is 17.2 Å². The Morgan fingerprint density at radius 2 is 2.14 bits per heavy atom. The molecule has 0 radical (unpaired) electrons. The van der Waals surface area contributed by atoms with Crippen molar-refractivity contribution in [3.8, 4) is 0 Å². The van der Waals surface area contributed by atoms with Crippen LogP contribution in [0, 0.1) is 12.7 Å². The number of aromatic nitrogens is 3. The lowest BCUT2D eigenvalue weighted by atomic mass is 10.1. The Bertz CT molecular complexity index is 813. The van der Waals surface area contributed by atoms with E-state index in [0.29, 0.717) is 12.5 Å². The van der Waals surface area contributed by atoms with Gasteiger partial charge in [-0.3, -0.25) is 4.57 Å². The summed E-state index contributed by atoms with van der Waals surface area (Å²) in [5.74, 6) is 0.228. The number of nitrogen functional groups attached to an aromatic ring is 1. The first kappa shape index (κ1) is 14.0. The predicted octanol–water partition coefficient (Wildman–Crippen LogP) is 3.47. The van der Waals surface area contributed by atoms with Crippen molar-refractivity contribution >= 4 is 33.0 Å². The van der Waals surface area contributed by atoms with Crippen molar-refractivity contribution in [3.05, 3.63) is 51.9 Å². The summed E-state index contributed by atoms with van der Waals surface area (Å²) in [6.07, 6.45) is 2.47. The van der Waals surface area contributed by atoms with Gasteiger partial charge in [-0.15, -0.1) is 0 Å². The summed E-state index contributed by atoms with van der Waals surface area (Å²) < 4.78 is 15.9. The Labute approximate surface area is 129 Å². The van der Waals surface area contributed by atoms with Crippen LogP contribution in [0.5, 0.6) is 0 Å². The maximum Gasteiger partial charge on any atom is 0.202 e. The van der Waals surface area contributed by atoms with Crippen LogP contribution in [-0.4, -0.2) is 14.5 Å². The van der Waals surface area contributed by atoms with Gasteiger partial charge in [0.2, 0.25) is 5.95 Å². The molecule has 0 aliphatic heterocycles. The number of rotatable bonds is 3. The van der Waals surface area contributed by atoms with Crippen LogP contribution in [0.3, 0.4) is 0 Å². The number of anilines is 1. The van der Waals surface area contributed by atoms with Gasteiger partial charge in [0.1, 0.15) is 11.3 Å². The van der Waals surface area contributed by atoms with Crippen molar-refractivity contribution in [2.24, 2.45) is 0 Å². The van der Waals surface area contributed by atoms with E-state index in [1.807, 2.05) is 23.6 Å². The minimum absolute atomic E-state index is 0.213. The van der Waals surface area contributed by atoms with Gasteiger partial charge in [0.05, 0.1) is 0 Å². The molecule has 4 nitrogen and oxygen atoms in total. The summed E-state index contributed by atoms with van der Waals surface area (Å²) in [7, 11) is 0. The molecule has 2 aromatic heterocycles. The van der Waals surface area contributed by atoms with E-state index in [0.717, 1.165) is 33.2 Å². The van der Waals surface area contributed by atoms with Crippen LogP contribution < -0.4 is 5.73 Å².